The Kier molecular flexibility index (Phi) is 6.98. The smallest absolute Gasteiger partial charge is 0.422 e. The Labute approximate surface area is 297 Å². The van der Waals surface area contributed by atoms with Crippen LogP contribution in [-0.2, 0) is 4.79 Å². The summed E-state index contributed by atoms with van der Waals surface area (Å²) in [5.41, 5.74) is 2.35. The van der Waals surface area contributed by atoms with Crippen molar-refractivity contribution in [1.82, 2.24) is 30.0 Å². The molecule has 10 rings (SSSR count). The van der Waals surface area contributed by atoms with E-state index in [-0.39, 0.29) is 39.6 Å². The number of hydrogen-bond donors (Lipinski definition) is 1. The molecule has 0 atom stereocenters. The van der Waals surface area contributed by atoms with E-state index >= 15 is 4.39 Å². The van der Waals surface area contributed by atoms with Crippen molar-refractivity contribution in [2.45, 2.75) is 56.7 Å². The maximum atomic E-state index is 16.1. The normalized spacial score (nSPS) is 22.5. The summed E-state index contributed by atoms with van der Waals surface area (Å²) in [6, 6.07) is 5.28. The van der Waals surface area contributed by atoms with E-state index in [1.54, 1.807) is 12.3 Å². The number of carbonyl (C=O) groups is 1. The van der Waals surface area contributed by atoms with Gasteiger partial charge in [-0.15, -0.1) is 0 Å². The number of fused-ring (bicyclic) bond motifs is 2. The first-order valence-electron chi connectivity index (χ1n) is 18.4. The molecule has 2 aromatic heterocycles. The van der Waals surface area contributed by atoms with Gasteiger partial charge in [-0.3, -0.25) is 14.8 Å². The first-order valence-corrected chi connectivity index (χ1v) is 18.4. The van der Waals surface area contributed by atoms with Gasteiger partial charge >= 0.3 is 6.18 Å². The number of ether oxygens (including phenoxy) is 1. The minimum absolute atomic E-state index is 0.0214. The fourth-order valence-electron chi connectivity index (χ4n) is 9.09. The number of piperidine rings is 1. The predicted molar refractivity (Wildman–Crippen MR) is 188 cm³/mol. The molecule has 1 N–H and O–H groups in total. The van der Waals surface area contributed by atoms with Gasteiger partial charge in [-0.1, -0.05) is 6.58 Å². The highest BCUT2D eigenvalue weighted by Gasteiger charge is 2.55. The maximum Gasteiger partial charge on any atom is 0.422 e. The standard InChI is InChI=1S/C38H40F4N8O2/c1-2-28(51)50-19-37(20-50)9-11-47(12-10-37)34-26-13-25(22-3-4-22)29(30-27(39)6-5-23-14-43-46-31(23)30)33(52-21-38(40,41)42)32(26)44-35(45-34)48-15-24(16-48)49-17-36(18-49)7-8-36/h2,5-6,13-14,22,24H,1,3-4,7-12,15-21H2,(H,43,46). The van der Waals surface area contributed by atoms with Gasteiger partial charge in [0.2, 0.25) is 11.9 Å². The topological polar surface area (TPSA) is 93.7 Å². The molecule has 272 valence electrons. The highest BCUT2D eigenvalue weighted by atomic mass is 19.4. The number of hydrogen-bond acceptors (Lipinski definition) is 8. The average Bonchev–Trinajstić information content (AvgIpc) is 4.01. The lowest BCUT2D eigenvalue weighted by Gasteiger charge is -2.54. The molecular formula is C38H40F4N8O2. The van der Waals surface area contributed by atoms with Crippen LogP contribution in [0.3, 0.4) is 0 Å². The molecule has 2 aromatic carbocycles. The number of H-pyrrole nitrogens is 1. The SMILES string of the molecule is C=CC(=O)N1CC2(CCN(c3nc(N4CC(N5CC6(CC6)C5)C4)nc4c(OCC(F)(F)F)c(-c5c(F)ccc6cn[nH]c56)c(C5CC5)cc34)CC2)C1. The maximum absolute atomic E-state index is 16.1. The van der Waals surface area contributed by atoms with Crippen LogP contribution in [0.4, 0.5) is 29.3 Å². The lowest BCUT2D eigenvalue weighted by atomic mass is 9.72. The molecule has 1 amide bonds. The molecule has 2 saturated carbocycles. The van der Waals surface area contributed by atoms with E-state index in [2.05, 4.69) is 31.5 Å². The number of carbonyl (C=O) groups excluding carboxylic acids is 1. The number of anilines is 2. The Morgan fingerprint density at radius 1 is 1.00 bits per heavy atom. The van der Waals surface area contributed by atoms with Crippen LogP contribution in [0.25, 0.3) is 32.9 Å². The summed E-state index contributed by atoms with van der Waals surface area (Å²) in [6.07, 6.45) is 4.23. The number of aromatic amines is 1. The first kappa shape index (κ1) is 32.2. The number of likely N-dealkylation sites (tertiary alicyclic amines) is 2. The van der Waals surface area contributed by atoms with Crippen molar-refractivity contribution in [2.75, 3.05) is 68.8 Å². The largest absolute Gasteiger partial charge is 0.481 e. The number of benzene rings is 2. The number of nitrogens with zero attached hydrogens (tertiary/aromatic N) is 7. The van der Waals surface area contributed by atoms with Crippen molar-refractivity contribution in [3.05, 3.63) is 48.4 Å². The van der Waals surface area contributed by atoms with E-state index < -0.39 is 18.6 Å². The van der Waals surface area contributed by atoms with Crippen LogP contribution in [0, 0.1) is 16.6 Å². The second-order valence-electron chi connectivity index (χ2n) is 16.2. The Morgan fingerprint density at radius 2 is 1.73 bits per heavy atom. The zero-order valence-electron chi connectivity index (χ0n) is 28.8. The highest BCUT2D eigenvalue weighted by molar-refractivity contribution is 6.05. The van der Waals surface area contributed by atoms with Gasteiger partial charge in [-0.05, 0) is 79.7 Å². The number of aromatic nitrogens is 4. The summed E-state index contributed by atoms with van der Waals surface area (Å²) >= 11 is 0. The zero-order chi connectivity index (χ0) is 35.6. The third kappa shape index (κ3) is 5.30. The second kappa shape index (κ2) is 11.3. The van der Waals surface area contributed by atoms with Crippen molar-refractivity contribution in [1.29, 1.82) is 0 Å². The van der Waals surface area contributed by atoms with Gasteiger partial charge in [0.25, 0.3) is 0 Å². The van der Waals surface area contributed by atoms with Crippen molar-refractivity contribution < 1.29 is 27.1 Å². The van der Waals surface area contributed by atoms with Gasteiger partial charge in [-0.2, -0.15) is 23.3 Å². The van der Waals surface area contributed by atoms with Crippen LogP contribution in [0.2, 0.25) is 0 Å². The molecule has 0 radical (unpaired) electrons. The summed E-state index contributed by atoms with van der Waals surface area (Å²) in [7, 11) is 0. The molecule has 4 saturated heterocycles. The van der Waals surface area contributed by atoms with Crippen LogP contribution in [-0.4, -0.2) is 107 Å². The van der Waals surface area contributed by atoms with Gasteiger partial charge in [0.05, 0.1) is 11.7 Å². The molecule has 14 heteroatoms. The molecule has 52 heavy (non-hydrogen) atoms. The molecule has 2 spiro atoms. The number of alkyl halides is 3. The van der Waals surface area contributed by atoms with E-state index in [1.165, 1.54) is 25.0 Å². The summed E-state index contributed by atoms with van der Waals surface area (Å²) in [4.78, 5) is 31.0. The van der Waals surface area contributed by atoms with Crippen LogP contribution in [0.5, 0.6) is 5.75 Å². The third-order valence-corrected chi connectivity index (χ3v) is 12.5. The molecule has 6 aliphatic rings. The molecule has 6 fully saturated rings. The molecule has 10 nitrogen and oxygen atoms in total. The van der Waals surface area contributed by atoms with Crippen LogP contribution < -0.4 is 14.5 Å². The van der Waals surface area contributed by atoms with Gasteiger partial charge < -0.3 is 19.4 Å². The van der Waals surface area contributed by atoms with Gasteiger partial charge in [0, 0.05) is 85.7 Å². The Morgan fingerprint density at radius 3 is 2.40 bits per heavy atom. The van der Waals surface area contributed by atoms with Gasteiger partial charge in [0.1, 0.15) is 17.2 Å². The number of halogens is 4. The molecular weight excluding hydrogens is 676 g/mol. The molecule has 4 aromatic rings. The van der Waals surface area contributed by atoms with E-state index in [0.717, 1.165) is 57.4 Å². The highest BCUT2D eigenvalue weighted by Crippen LogP contribution is 2.55. The first-order chi connectivity index (χ1) is 25.0. The van der Waals surface area contributed by atoms with Crippen molar-refractivity contribution >= 4 is 39.5 Å². The monoisotopic (exact) mass is 716 g/mol. The minimum Gasteiger partial charge on any atom is -0.481 e. The predicted octanol–water partition coefficient (Wildman–Crippen LogP) is 6.03. The molecule has 2 aliphatic carbocycles. The van der Waals surface area contributed by atoms with Gasteiger partial charge in [-0.25, -0.2) is 9.37 Å². The van der Waals surface area contributed by atoms with Crippen LogP contribution >= 0.6 is 0 Å². The van der Waals surface area contributed by atoms with E-state index in [0.29, 0.717) is 65.7 Å². The van der Waals surface area contributed by atoms with E-state index in [1.807, 2.05) is 11.0 Å². The Hall–Kier alpha value is -4.46. The third-order valence-electron chi connectivity index (χ3n) is 12.5. The Bertz CT molecular complexity index is 2110. The molecule has 0 bridgehead atoms. The average molecular weight is 717 g/mol. The fourth-order valence-corrected chi connectivity index (χ4v) is 9.09. The zero-order valence-corrected chi connectivity index (χ0v) is 28.8. The van der Waals surface area contributed by atoms with Crippen molar-refractivity contribution in [2.24, 2.45) is 10.8 Å². The minimum atomic E-state index is -4.64. The van der Waals surface area contributed by atoms with Crippen molar-refractivity contribution in [3.8, 4) is 16.9 Å². The van der Waals surface area contributed by atoms with E-state index in [4.69, 9.17) is 14.7 Å². The summed E-state index contributed by atoms with van der Waals surface area (Å²) in [6.45, 7) is 8.47. The molecule has 6 heterocycles. The second-order valence-corrected chi connectivity index (χ2v) is 16.2. The Balaban J connectivity index is 1.10. The lowest BCUT2D eigenvalue weighted by Crippen LogP contribution is -2.66. The van der Waals surface area contributed by atoms with Crippen molar-refractivity contribution in [3.63, 3.8) is 0 Å². The lowest BCUT2D eigenvalue weighted by molar-refractivity contribution is -0.153. The number of amides is 1. The van der Waals surface area contributed by atoms with Crippen LogP contribution in [0.1, 0.15) is 50.0 Å². The fraction of sp³-hybridized carbons (Fsp3) is 0.526. The molecule has 0 unspecified atom stereocenters. The van der Waals surface area contributed by atoms with E-state index in [9.17, 15) is 18.0 Å². The number of rotatable bonds is 8. The van der Waals surface area contributed by atoms with Gasteiger partial charge in [0.15, 0.2) is 12.4 Å². The summed E-state index contributed by atoms with van der Waals surface area (Å²) in [5, 5.41) is 8.27. The summed E-state index contributed by atoms with van der Waals surface area (Å²) < 4.78 is 63.9. The van der Waals surface area contributed by atoms with Crippen LogP contribution in [0.15, 0.2) is 37.1 Å². The molecule has 4 aliphatic heterocycles. The number of nitrogens with one attached hydrogen (secondary N) is 1. The summed E-state index contributed by atoms with van der Waals surface area (Å²) in [5.74, 6) is 0.397. The quantitative estimate of drug-likeness (QED) is 0.175.